The number of ether oxygens (including phenoxy) is 1. The highest BCUT2D eigenvalue weighted by Crippen LogP contribution is 2.32. The second-order valence-electron chi connectivity index (χ2n) is 7.88. The van der Waals surface area contributed by atoms with Gasteiger partial charge in [0.15, 0.2) is 0 Å². The number of hydrogen-bond donors (Lipinski definition) is 1. The van der Waals surface area contributed by atoms with Gasteiger partial charge in [-0.25, -0.2) is 4.98 Å². The first-order chi connectivity index (χ1) is 13.7. The fraction of sp³-hybridized carbons (Fsp3) is 0.545. The van der Waals surface area contributed by atoms with Crippen molar-refractivity contribution < 1.29 is 9.53 Å². The van der Waals surface area contributed by atoms with Gasteiger partial charge in [0.05, 0.1) is 12.8 Å². The minimum Gasteiger partial charge on any atom is -0.497 e. The predicted octanol–water partition coefficient (Wildman–Crippen LogP) is 4.12. The van der Waals surface area contributed by atoms with Crippen molar-refractivity contribution in [2.45, 2.75) is 45.1 Å². The third-order valence-electron chi connectivity index (χ3n) is 6.07. The normalized spacial score (nSPS) is 22.5. The first-order valence-corrected chi connectivity index (χ1v) is 11.1. The Hall–Kier alpha value is -1.92. The highest BCUT2D eigenvalue weighted by atomic mass is 32.1. The topological polar surface area (TPSA) is 54.5 Å². The fourth-order valence-electron chi connectivity index (χ4n) is 4.61. The van der Waals surface area contributed by atoms with Gasteiger partial charge in [-0.3, -0.25) is 4.79 Å². The summed E-state index contributed by atoms with van der Waals surface area (Å²) in [6, 6.07) is 8.47. The van der Waals surface area contributed by atoms with Crippen LogP contribution in [0.5, 0.6) is 5.75 Å². The van der Waals surface area contributed by atoms with Crippen molar-refractivity contribution in [3.63, 3.8) is 0 Å². The van der Waals surface area contributed by atoms with E-state index in [1.165, 1.54) is 56.5 Å². The molecule has 1 aromatic heterocycles. The van der Waals surface area contributed by atoms with E-state index in [1.807, 2.05) is 31.2 Å². The second kappa shape index (κ2) is 8.62. The molecule has 1 amide bonds. The van der Waals surface area contributed by atoms with Gasteiger partial charge in [-0.05, 0) is 63.7 Å². The summed E-state index contributed by atoms with van der Waals surface area (Å²) in [7, 11) is 1.66. The van der Waals surface area contributed by atoms with E-state index in [1.54, 1.807) is 7.11 Å². The van der Waals surface area contributed by atoms with E-state index in [9.17, 15) is 4.79 Å². The first-order valence-electron chi connectivity index (χ1n) is 10.3. The number of carbonyl (C=O) groups is 1. The predicted molar refractivity (Wildman–Crippen MR) is 113 cm³/mol. The molecule has 0 radical (unpaired) electrons. The Morgan fingerprint density at radius 3 is 3.00 bits per heavy atom. The van der Waals surface area contributed by atoms with E-state index < -0.39 is 0 Å². The summed E-state index contributed by atoms with van der Waals surface area (Å²) in [4.78, 5) is 20.8. The molecule has 0 saturated carbocycles. The van der Waals surface area contributed by atoms with Gasteiger partial charge in [0, 0.05) is 18.2 Å². The van der Waals surface area contributed by atoms with Crippen LogP contribution in [0.1, 0.15) is 47.5 Å². The molecule has 2 aliphatic heterocycles. The lowest BCUT2D eigenvalue weighted by molar-refractivity contribution is 0.0576. The number of piperidine rings is 2. The smallest absolute Gasteiger partial charge is 0.263 e. The quantitative estimate of drug-likeness (QED) is 0.822. The Morgan fingerprint density at radius 1 is 1.29 bits per heavy atom. The van der Waals surface area contributed by atoms with Crippen molar-refractivity contribution in [1.29, 1.82) is 0 Å². The summed E-state index contributed by atoms with van der Waals surface area (Å²) < 4.78 is 5.30. The molecule has 1 aromatic carbocycles. The van der Waals surface area contributed by atoms with Crippen LogP contribution >= 0.6 is 11.3 Å². The third kappa shape index (κ3) is 4.08. The van der Waals surface area contributed by atoms with Gasteiger partial charge in [0.1, 0.15) is 15.6 Å². The molecule has 4 rings (SSSR count). The highest BCUT2D eigenvalue weighted by Gasteiger charge is 2.33. The zero-order valence-electron chi connectivity index (χ0n) is 16.7. The molecule has 2 atom stereocenters. The molecule has 2 unspecified atom stereocenters. The maximum Gasteiger partial charge on any atom is 0.263 e. The van der Waals surface area contributed by atoms with Crippen molar-refractivity contribution in [2.24, 2.45) is 5.92 Å². The minimum atomic E-state index is 0.0112. The van der Waals surface area contributed by atoms with Crippen LogP contribution in [-0.2, 0) is 0 Å². The summed E-state index contributed by atoms with van der Waals surface area (Å²) in [5, 5.41) is 4.07. The lowest BCUT2D eigenvalue weighted by Gasteiger charge is -2.44. The summed E-state index contributed by atoms with van der Waals surface area (Å²) in [6.07, 6.45) is 6.39. The average Bonchev–Trinajstić information content (AvgIpc) is 3.14. The standard InChI is InChI=1S/C22H29N3O2S/c1-15-20(28-22(24-15)16-7-5-9-18(13-16)27-2)21(26)23-14-17-8-6-12-25-11-4-3-10-19(17)25/h5,7,9,13,17,19H,3-4,6,8,10-12,14H2,1-2H3,(H,23,26). The number of thiazole rings is 1. The molecule has 1 N–H and O–H groups in total. The Morgan fingerprint density at radius 2 is 2.14 bits per heavy atom. The lowest BCUT2D eigenvalue weighted by atomic mass is 9.83. The number of aromatic nitrogens is 1. The SMILES string of the molecule is COc1cccc(-c2nc(C)c(C(=O)NCC3CCCN4CCCCC34)s2)c1. The van der Waals surface area contributed by atoms with Gasteiger partial charge in [-0.1, -0.05) is 18.6 Å². The van der Waals surface area contributed by atoms with Crippen LogP contribution in [0.25, 0.3) is 10.6 Å². The Kier molecular flexibility index (Phi) is 5.97. The monoisotopic (exact) mass is 399 g/mol. The maximum atomic E-state index is 12.9. The number of amides is 1. The molecule has 2 fully saturated rings. The molecule has 150 valence electrons. The lowest BCUT2D eigenvalue weighted by Crippen LogP contribution is -2.50. The molecule has 2 saturated heterocycles. The molecule has 6 heteroatoms. The number of nitrogens with zero attached hydrogens (tertiary/aromatic N) is 2. The van der Waals surface area contributed by atoms with Crippen LogP contribution < -0.4 is 10.1 Å². The molecule has 5 nitrogen and oxygen atoms in total. The number of hydrogen-bond acceptors (Lipinski definition) is 5. The van der Waals surface area contributed by atoms with Gasteiger partial charge in [-0.2, -0.15) is 0 Å². The molecule has 28 heavy (non-hydrogen) atoms. The van der Waals surface area contributed by atoms with E-state index in [-0.39, 0.29) is 5.91 Å². The first kappa shape index (κ1) is 19.4. The number of carbonyl (C=O) groups excluding carboxylic acids is 1. The minimum absolute atomic E-state index is 0.0112. The zero-order chi connectivity index (χ0) is 19.5. The summed E-state index contributed by atoms with van der Waals surface area (Å²) in [6.45, 7) is 5.14. The highest BCUT2D eigenvalue weighted by molar-refractivity contribution is 7.17. The molecule has 2 aliphatic rings. The van der Waals surface area contributed by atoms with E-state index >= 15 is 0 Å². The molecule has 0 aliphatic carbocycles. The summed E-state index contributed by atoms with van der Waals surface area (Å²) in [5.74, 6) is 1.38. The van der Waals surface area contributed by atoms with Crippen molar-refractivity contribution in [3.05, 3.63) is 34.8 Å². The van der Waals surface area contributed by atoms with E-state index in [4.69, 9.17) is 4.74 Å². The number of methoxy groups -OCH3 is 1. The number of rotatable bonds is 5. The second-order valence-corrected chi connectivity index (χ2v) is 8.88. The average molecular weight is 400 g/mol. The fourth-order valence-corrected chi connectivity index (χ4v) is 5.58. The van der Waals surface area contributed by atoms with Crippen LogP contribution in [0, 0.1) is 12.8 Å². The van der Waals surface area contributed by atoms with Gasteiger partial charge >= 0.3 is 0 Å². The van der Waals surface area contributed by atoms with Crippen molar-refractivity contribution in [3.8, 4) is 16.3 Å². The summed E-state index contributed by atoms with van der Waals surface area (Å²) in [5.41, 5.74) is 1.78. The molecule has 0 bridgehead atoms. The Balaban J connectivity index is 1.43. The third-order valence-corrected chi connectivity index (χ3v) is 7.28. The molecule has 2 aromatic rings. The van der Waals surface area contributed by atoms with E-state index in [2.05, 4.69) is 15.2 Å². The molecule has 3 heterocycles. The number of benzene rings is 1. The van der Waals surface area contributed by atoms with Gasteiger partial charge < -0.3 is 15.0 Å². The van der Waals surface area contributed by atoms with Gasteiger partial charge in [-0.15, -0.1) is 11.3 Å². The van der Waals surface area contributed by atoms with Crippen LogP contribution in [0.15, 0.2) is 24.3 Å². The zero-order valence-corrected chi connectivity index (χ0v) is 17.6. The van der Waals surface area contributed by atoms with E-state index in [0.717, 1.165) is 28.6 Å². The van der Waals surface area contributed by atoms with Gasteiger partial charge in [0.2, 0.25) is 0 Å². The van der Waals surface area contributed by atoms with E-state index in [0.29, 0.717) is 16.8 Å². The van der Waals surface area contributed by atoms with Crippen molar-refractivity contribution in [1.82, 2.24) is 15.2 Å². The number of nitrogens with one attached hydrogen (secondary N) is 1. The Bertz CT molecular complexity index is 833. The van der Waals surface area contributed by atoms with Crippen LogP contribution in [0.3, 0.4) is 0 Å². The van der Waals surface area contributed by atoms with Crippen molar-refractivity contribution in [2.75, 3.05) is 26.7 Å². The summed E-state index contributed by atoms with van der Waals surface area (Å²) >= 11 is 1.46. The van der Waals surface area contributed by atoms with Crippen molar-refractivity contribution >= 4 is 17.2 Å². The van der Waals surface area contributed by atoms with Gasteiger partial charge in [0.25, 0.3) is 5.91 Å². The molecule has 0 spiro atoms. The maximum absolute atomic E-state index is 12.9. The number of aryl methyl sites for hydroxylation is 1. The molecular weight excluding hydrogens is 370 g/mol. The van der Waals surface area contributed by atoms with Crippen LogP contribution in [0.4, 0.5) is 0 Å². The largest absolute Gasteiger partial charge is 0.497 e. The van der Waals surface area contributed by atoms with Crippen LogP contribution in [-0.4, -0.2) is 48.6 Å². The number of fused-ring (bicyclic) bond motifs is 1. The van der Waals surface area contributed by atoms with Crippen LogP contribution in [0.2, 0.25) is 0 Å². The Labute approximate surface area is 171 Å². The molecular formula is C22H29N3O2S.